The third kappa shape index (κ3) is 6.53. The Hall–Kier alpha value is -0.160. The summed E-state index contributed by atoms with van der Waals surface area (Å²) >= 11 is 0. The molecule has 1 rings (SSSR count). The van der Waals surface area contributed by atoms with E-state index in [1.54, 1.807) is 0 Å². The average Bonchev–Trinajstić information content (AvgIpc) is 2.37. The highest BCUT2D eigenvalue weighted by atomic mass is 15.3. The third-order valence-electron chi connectivity index (χ3n) is 4.24. The fraction of sp³-hybridized carbons (Fsp3) is 1.00. The van der Waals surface area contributed by atoms with Gasteiger partial charge in [-0.2, -0.15) is 0 Å². The SMILES string of the molecule is CC(C)NCC(C(C)C)N1CCN(CCN(C)C)CC1. The topological polar surface area (TPSA) is 21.8 Å². The summed E-state index contributed by atoms with van der Waals surface area (Å²) in [5, 5.41) is 3.61. The van der Waals surface area contributed by atoms with Gasteiger partial charge in [-0.15, -0.1) is 0 Å². The molecule has 1 N–H and O–H groups in total. The summed E-state index contributed by atoms with van der Waals surface area (Å²) in [6, 6.07) is 1.26. The minimum Gasteiger partial charge on any atom is -0.313 e. The Bertz CT molecular complexity index is 245. The first-order chi connectivity index (χ1) is 9.40. The van der Waals surface area contributed by atoms with E-state index < -0.39 is 0 Å². The maximum Gasteiger partial charge on any atom is 0.0244 e. The van der Waals surface area contributed by atoms with Crippen LogP contribution >= 0.6 is 0 Å². The van der Waals surface area contributed by atoms with Gasteiger partial charge in [0.1, 0.15) is 0 Å². The Labute approximate surface area is 126 Å². The summed E-state index contributed by atoms with van der Waals surface area (Å²) in [7, 11) is 4.31. The number of rotatable bonds is 8. The molecule has 1 heterocycles. The maximum atomic E-state index is 3.61. The van der Waals surface area contributed by atoms with E-state index in [1.165, 1.54) is 39.3 Å². The van der Waals surface area contributed by atoms with Crippen LogP contribution in [0, 0.1) is 5.92 Å². The number of piperazine rings is 1. The van der Waals surface area contributed by atoms with E-state index in [4.69, 9.17) is 0 Å². The molecule has 0 aromatic heterocycles. The van der Waals surface area contributed by atoms with Crippen molar-refractivity contribution in [3.8, 4) is 0 Å². The van der Waals surface area contributed by atoms with Gasteiger partial charge in [0.2, 0.25) is 0 Å². The predicted octanol–water partition coefficient (Wildman–Crippen LogP) is 1.19. The van der Waals surface area contributed by atoms with Gasteiger partial charge in [-0.1, -0.05) is 27.7 Å². The van der Waals surface area contributed by atoms with Crippen molar-refractivity contribution in [2.75, 3.05) is 59.9 Å². The standard InChI is InChI=1S/C16H36N4/c1-14(2)16(13-17-15(3)4)20-11-9-19(10-12-20)8-7-18(5)6/h14-17H,7-13H2,1-6H3. The molecule has 1 aliphatic heterocycles. The Balaban J connectivity index is 2.36. The molecule has 0 aromatic carbocycles. The molecule has 0 aliphatic carbocycles. The smallest absolute Gasteiger partial charge is 0.0244 e. The van der Waals surface area contributed by atoms with Crippen LogP contribution in [0.1, 0.15) is 27.7 Å². The fourth-order valence-corrected chi connectivity index (χ4v) is 2.80. The molecule has 4 nitrogen and oxygen atoms in total. The second-order valence-corrected chi connectivity index (χ2v) is 7.06. The molecule has 0 bridgehead atoms. The van der Waals surface area contributed by atoms with Gasteiger partial charge in [-0.3, -0.25) is 9.80 Å². The van der Waals surface area contributed by atoms with E-state index >= 15 is 0 Å². The van der Waals surface area contributed by atoms with Gasteiger partial charge in [0.15, 0.2) is 0 Å². The van der Waals surface area contributed by atoms with Gasteiger partial charge in [0.25, 0.3) is 0 Å². The highest BCUT2D eigenvalue weighted by Crippen LogP contribution is 2.13. The van der Waals surface area contributed by atoms with Crippen molar-refractivity contribution in [3.05, 3.63) is 0 Å². The molecule has 0 saturated carbocycles. The summed E-state index contributed by atoms with van der Waals surface area (Å²) in [4.78, 5) is 7.56. The summed E-state index contributed by atoms with van der Waals surface area (Å²) < 4.78 is 0. The molecule has 120 valence electrons. The van der Waals surface area contributed by atoms with Crippen LogP contribution in [0.3, 0.4) is 0 Å². The zero-order chi connectivity index (χ0) is 15.1. The molecule has 1 saturated heterocycles. The van der Waals surface area contributed by atoms with Crippen LogP contribution in [0.4, 0.5) is 0 Å². The Morgan fingerprint density at radius 3 is 2.05 bits per heavy atom. The lowest BCUT2D eigenvalue weighted by molar-refractivity contribution is 0.0719. The van der Waals surface area contributed by atoms with Crippen LogP contribution in [0.25, 0.3) is 0 Å². The molecule has 0 radical (unpaired) electrons. The van der Waals surface area contributed by atoms with Crippen molar-refractivity contribution in [2.45, 2.75) is 39.8 Å². The monoisotopic (exact) mass is 284 g/mol. The molecular weight excluding hydrogens is 248 g/mol. The van der Waals surface area contributed by atoms with Crippen molar-refractivity contribution < 1.29 is 0 Å². The van der Waals surface area contributed by atoms with Crippen LogP contribution in [0.2, 0.25) is 0 Å². The van der Waals surface area contributed by atoms with E-state index in [2.05, 4.69) is 61.8 Å². The zero-order valence-corrected chi connectivity index (χ0v) is 14.5. The van der Waals surface area contributed by atoms with Gasteiger partial charge < -0.3 is 10.2 Å². The minimum atomic E-state index is 0.581. The highest BCUT2D eigenvalue weighted by molar-refractivity contribution is 4.82. The number of hydrogen-bond donors (Lipinski definition) is 1. The van der Waals surface area contributed by atoms with E-state index in [-0.39, 0.29) is 0 Å². The van der Waals surface area contributed by atoms with Crippen LogP contribution < -0.4 is 5.32 Å². The van der Waals surface area contributed by atoms with E-state index in [1.807, 2.05) is 0 Å². The molecule has 1 atom stereocenters. The van der Waals surface area contributed by atoms with Gasteiger partial charge in [-0.25, -0.2) is 0 Å². The first kappa shape index (κ1) is 17.9. The van der Waals surface area contributed by atoms with Crippen molar-refractivity contribution in [3.63, 3.8) is 0 Å². The Morgan fingerprint density at radius 1 is 1.00 bits per heavy atom. The van der Waals surface area contributed by atoms with Crippen molar-refractivity contribution in [1.29, 1.82) is 0 Å². The van der Waals surface area contributed by atoms with E-state index in [0.29, 0.717) is 12.1 Å². The molecule has 0 amide bonds. The Kier molecular flexibility index (Phi) is 8.03. The van der Waals surface area contributed by atoms with Gasteiger partial charge >= 0.3 is 0 Å². The first-order valence-corrected chi connectivity index (χ1v) is 8.24. The van der Waals surface area contributed by atoms with E-state index in [0.717, 1.165) is 12.5 Å². The number of hydrogen-bond acceptors (Lipinski definition) is 4. The summed E-state index contributed by atoms with van der Waals surface area (Å²) in [5.74, 6) is 0.717. The van der Waals surface area contributed by atoms with Gasteiger partial charge in [0, 0.05) is 57.9 Å². The lowest BCUT2D eigenvalue weighted by Gasteiger charge is -2.41. The zero-order valence-electron chi connectivity index (χ0n) is 14.5. The second-order valence-electron chi connectivity index (χ2n) is 7.06. The summed E-state index contributed by atoms with van der Waals surface area (Å²) in [6.07, 6.45) is 0. The van der Waals surface area contributed by atoms with Crippen LogP contribution in [0.5, 0.6) is 0 Å². The molecule has 20 heavy (non-hydrogen) atoms. The lowest BCUT2D eigenvalue weighted by atomic mass is 10.0. The van der Waals surface area contributed by atoms with Gasteiger partial charge in [0.05, 0.1) is 0 Å². The van der Waals surface area contributed by atoms with Crippen molar-refractivity contribution in [2.24, 2.45) is 5.92 Å². The molecule has 1 aliphatic rings. The molecule has 0 spiro atoms. The normalized spacial score (nSPS) is 20.2. The quantitative estimate of drug-likeness (QED) is 0.723. The largest absolute Gasteiger partial charge is 0.313 e. The number of nitrogens with one attached hydrogen (secondary N) is 1. The summed E-state index contributed by atoms with van der Waals surface area (Å²) in [5.41, 5.74) is 0. The summed E-state index contributed by atoms with van der Waals surface area (Å²) in [6.45, 7) is 17.5. The predicted molar refractivity (Wildman–Crippen MR) is 88.3 cm³/mol. The molecule has 4 heteroatoms. The first-order valence-electron chi connectivity index (χ1n) is 8.24. The molecule has 0 aromatic rings. The van der Waals surface area contributed by atoms with Crippen LogP contribution in [-0.4, -0.2) is 86.7 Å². The Morgan fingerprint density at radius 2 is 1.60 bits per heavy atom. The number of nitrogens with zero attached hydrogens (tertiary/aromatic N) is 3. The maximum absolute atomic E-state index is 3.61. The molecular formula is C16H36N4. The molecule has 1 unspecified atom stereocenters. The molecule has 1 fully saturated rings. The fourth-order valence-electron chi connectivity index (χ4n) is 2.80. The minimum absolute atomic E-state index is 0.581. The lowest BCUT2D eigenvalue weighted by Crippen LogP contribution is -2.55. The van der Waals surface area contributed by atoms with Crippen LogP contribution in [0.15, 0.2) is 0 Å². The van der Waals surface area contributed by atoms with Crippen LogP contribution in [-0.2, 0) is 0 Å². The van der Waals surface area contributed by atoms with Crippen molar-refractivity contribution >= 4 is 0 Å². The van der Waals surface area contributed by atoms with E-state index in [9.17, 15) is 0 Å². The van der Waals surface area contributed by atoms with Crippen molar-refractivity contribution in [1.82, 2.24) is 20.0 Å². The second kappa shape index (κ2) is 8.98. The number of likely N-dealkylation sites (N-methyl/N-ethyl adjacent to an activating group) is 1. The third-order valence-corrected chi connectivity index (χ3v) is 4.24. The average molecular weight is 284 g/mol. The van der Waals surface area contributed by atoms with Gasteiger partial charge in [-0.05, 0) is 20.0 Å². The highest BCUT2D eigenvalue weighted by Gasteiger charge is 2.25.